The molecule has 3 nitrogen and oxygen atoms in total. The Morgan fingerprint density at radius 1 is 1.47 bits per heavy atom. The fourth-order valence-corrected chi connectivity index (χ4v) is 2.54. The van der Waals surface area contributed by atoms with Crippen LogP contribution in [0.2, 0.25) is 4.47 Å². The molecule has 0 amide bonds. The topological polar surface area (TPSA) is 50.9 Å². The van der Waals surface area contributed by atoms with E-state index in [-0.39, 0.29) is 6.04 Å². The molecule has 1 aromatic carbocycles. The van der Waals surface area contributed by atoms with Crippen LogP contribution in [-0.2, 0) is 6.42 Å². The molecule has 0 aliphatic rings. The summed E-state index contributed by atoms with van der Waals surface area (Å²) in [5.74, 6) is 0. The third-order valence-electron chi connectivity index (χ3n) is 2.68. The van der Waals surface area contributed by atoms with Gasteiger partial charge in [-0.15, -0.1) is 11.3 Å². The third-order valence-corrected chi connectivity index (χ3v) is 3.68. The number of thiazole rings is 1. The SMILES string of the molecule is CNC(Cc1ccccc1N)c1csc(Cl)n1. The maximum absolute atomic E-state index is 5.94. The Hall–Kier alpha value is -1.10. The molecule has 90 valence electrons. The summed E-state index contributed by atoms with van der Waals surface area (Å²) >= 11 is 7.30. The number of likely N-dealkylation sites (N-methyl/N-ethyl adjacent to an activating group) is 1. The van der Waals surface area contributed by atoms with Crippen molar-refractivity contribution < 1.29 is 0 Å². The quantitative estimate of drug-likeness (QED) is 0.838. The van der Waals surface area contributed by atoms with Gasteiger partial charge in [0.25, 0.3) is 0 Å². The minimum atomic E-state index is 0.142. The summed E-state index contributed by atoms with van der Waals surface area (Å²) in [4.78, 5) is 4.29. The molecule has 1 unspecified atom stereocenters. The summed E-state index contributed by atoms with van der Waals surface area (Å²) < 4.78 is 0.571. The van der Waals surface area contributed by atoms with Gasteiger partial charge in [0.2, 0.25) is 0 Å². The Labute approximate surface area is 110 Å². The van der Waals surface area contributed by atoms with Gasteiger partial charge >= 0.3 is 0 Å². The second-order valence-electron chi connectivity index (χ2n) is 3.77. The molecule has 2 rings (SSSR count). The van der Waals surface area contributed by atoms with E-state index in [1.807, 2.05) is 36.7 Å². The highest BCUT2D eigenvalue weighted by Gasteiger charge is 2.14. The molecule has 3 N–H and O–H groups in total. The molecule has 5 heteroatoms. The van der Waals surface area contributed by atoms with Crippen LogP contribution in [-0.4, -0.2) is 12.0 Å². The molecular formula is C12H14ClN3S. The largest absolute Gasteiger partial charge is 0.399 e. The van der Waals surface area contributed by atoms with E-state index >= 15 is 0 Å². The van der Waals surface area contributed by atoms with E-state index in [0.717, 1.165) is 23.4 Å². The highest BCUT2D eigenvalue weighted by molar-refractivity contribution is 7.13. The predicted octanol–water partition coefficient (Wildman–Crippen LogP) is 2.88. The summed E-state index contributed by atoms with van der Waals surface area (Å²) in [7, 11) is 1.91. The zero-order valence-electron chi connectivity index (χ0n) is 9.48. The minimum absolute atomic E-state index is 0.142. The van der Waals surface area contributed by atoms with E-state index < -0.39 is 0 Å². The zero-order chi connectivity index (χ0) is 12.3. The molecule has 1 atom stereocenters. The van der Waals surface area contributed by atoms with Gasteiger partial charge < -0.3 is 11.1 Å². The first kappa shape index (κ1) is 12.4. The number of rotatable bonds is 4. The molecule has 0 aliphatic heterocycles. The second-order valence-corrected chi connectivity index (χ2v) is 5.21. The molecule has 2 aromatic rings. The van der Waals surface area contributed by atoms with Crippen molar-refractivity contribution in [3.05, 3.63) is 45.4 Å². The van der Waals surface area contributed by atoms with Crippen molar-refractivity contribution in [2.45, 2.75) is 12.5 Å². The van der Waals surface area contributed by atoms with E-state index in [1.165, 1.54) is 11.3 Å². The summed E-state index contributed by atoms with van der Waals surface area (Å²) in [6, 6.07) is 8.02. The van der Waals surface area contributed by atoms with Gasteiger partial charge in [0.15, 0.2) is 4.47 Å². The average molecular weight is 268 g/mol. The van der Waals surface area contributed by atoms with Crippen LogP contribution >= 0.6 is 22.9 Å². The zero-order valence-corrected chi connectivity index (χ0v) is 11.1. The lowest BCUT2D eigenvalue weighted by Crippen LogP contribution is -2.19. The lowest BCUT2D eigenvalue weighted by molar-refractivity contribution is 0.580. The Bertz CT molecular complexity index is 498. The number of aromatic nitrogens is 1. The fraction of sp³-hybridized carbons (Fsp3) is 0.250. The van der Waals surface area contributed by atoms with Crippen LogP contribution in [0.25, 0.3) is 0 Å². The number of nitrogens with two attached hydrogens (primary N) is 1. The maximum atomic E-state index is 5.94. The van der Waals surface area contributed by atoms with Gasteiger partial charge in [0.1, 0.15) is 0 Å². The van der Waals surface area contributed by atoms with Gasteiger partial charge in [-0.05, 0) is 25.1 Å². The van der Waals surface area contributed by atoms with Gasteiger partial charge in [0.05, 0.1) is 11.7 Å². The maximum Gasteiger partial charge on any atom is 0.183 e. The number of hydrogen-bond donors (Lipinski definition) is 2. The molecule has 0 fully saturated rings. The summed E-state index contributed by atoms with van der Waals surface area (Å²) in [5, 5.41) is 5.21. The first-order valence-corrected chi connectivity index (χ1v) is 6.58. The Kier molecular flexibility index (Phi) is 3.99. The molecule has 0 saturated heterocycles. The predicted molar refractivity (Wildman–Crippen MR) is 73.5 cm³/mol. The van der Waals surface area contributed by atoms with E-state index in [1.54, 1.807) is 0 Å². The number of benzene rings is 1. The number of anilines is 1. The van der Waals surface area contributed by atoms with Crippen LogP contribution in [0.1, 0.15) is 17.3 Å². The molecule has 0 radical (unpaired) electrons. The molecule has 0 aliphatic carbocycles. The number of nitrogens with zero attached hydrogens (tertiary/aromatic N) is 1. The molecular weight excluding hydrogens is 254 g/mol. The van der Waals surface area contributed by atoms with Crippen molar-refractivity contribution in [2.75, 3.05) is 12.8 Å². The van der Waals surface area contributed by atoms with Crippen LogP contribution < -0.4 is 11.1 Å². The third kappa shape index (κ3) is 2.97. The summed E-state index contributed by atoms with van der Waals surface area (Å²) in [6.07, 6.45) is 0.809. The molecule has 0 saturated carbocycles. The number of nitrogen functional groups attached to an aromatic ring is 1. The molecule has 17 heavy (non-hydrogen) atoms. The lowest BCUT2D eigenvalue weighted by atomic mass is 10.0. The van der Waals surface area contributed by atoms with Gasteiger partial charge in [-0.1, -0.05) is 29.8 Å². The monoisotopic (exact) mass is 267 g/mol. The first-order valence-electron chi connectivity index (χ1n) is 5.32. The smallest absolute Gasteiger partial charge is 0.183 e. The van der Waals surface area contributed by atoms with Crippen molar-refractivity contribution in [3.63, 3.8) is 0 Å². The van der Waals surface area contributed by atoms with Crippen molar-refractivity contribution in [1.29, 1.82) is 0 Å². The average Bonchev–Trinajstić information content (AvgIpc) is 2.75. The fourth-order valence-electron chi connectivity index (χ4n) is 1.72. The number of para-hydroxylation sites is 1. The minimum Gasteiger partial charge on any atom is -0.399 e. The van der Waals surface area contributed by atoms with Crippen LogP contribution in [0.5, 0.6) is 0 Å². The number of nitrogens with one attached hydrogen (secondary N) is 1. The van der Waals surface area contributed by atoms with Crippen molar-refractivity contribution >= 4 is 28.6 Å². The normalized spacial score (nSPS) is 12.6. The lowest BCUT2D eigenvalue weighted by Gasteiger charge is -2.15. The van der Waals surface area contributed by atoms with Gasteiger partial charge in [0, 0.05) is 11.1 Å². The van der Waals surface area contributed by atoms with E-state index in [9.17, 15) is 0 Å². The van der Waals surface area contributed by atoms with E-state index in [2.05, 4.69) is 10.3 Å². The highest BCUT2D eigenvalue weighted by atomic mass is 35.5. The standard InChI is InChI=1S/C12H14ClN3S/c1-15-10(11-7-17-12(13)16-11)6-8-4-2-3-5-9(8)14/h2-5,7,10,15H,6,14H2,1H3. The van der Waals surface area contributed by atoms with E-state index in [4.69, 9.17) is 17.3 Å². The van der Waals surface area contributed by atoms with Gasteiger partial charge in [-0.3, -0.25) is 0 Å². The second kappa shape index (κ2) is 5.49. The van der Waals surface area contributed by atoms with Gasteiger partial charge in [-0.2, -0.15) is 0 Å². The van der Waals surface area contributed by atoms with Gasteiger partial charge in [-0.25, -0.2) is 4.98 Å². The number of hydrogen-bond acceptors (Lipinski definition) is 4. The molecule has 1 heterocycles. The van der Waals surface area contributed by atoms with E-state index in [0.29, 0.717) is 4.47 Å². The summed E-state index contributed by atoms with van der Waals surface area (Å²) in [5.41, 5.74) is 8.83. The van der Waals surface area contributed by atoms with Crippen LogP contribution in [0.3, 0.4) is 0 Å². The molecule has 0 bridgehead atoms. The Morgan fingerprint density at radius 3 is 2.82 bits per heavy atom. The van der Waals surface area contributed by atoms with Crippen LogP contribution in [0, 0.1) is 0 Å². The van der Waals surface area contributed by atoms with Crippen LogP contribution in [0.4, 0.5) is 5.69 Å². The van der Waals surface area contributed by atoms with Crippen molar-refractivity contribution in [3.8, 4) is 0 Å². The Balaban J connectivity index is 2.18. The first-order chi connectivity index (χ1) is 8.20. The highest BCUT2D eigenvalue weighted by Crippen LogP contribution is 2.24. The molecule has 0 spiro atoms. The summed E-state index contributed by atoms with van der Waals surface area (Å²) in [6.45, 7) is 0. The van der Waals surface area contributed by atoms with Crippen LogP contribution in [0.15, 0.2) is 29.6 Å². The molecule has 1 aromatic heterocycles. The van der Waals surface area contributed by atoms with Crippen molar-refractivity contribution in [1.82, 2.24) is 10.3 Å². The number of halogens is 1. The Morgan fingerprint density at radius 2 is 2.24 bits per heavy atom. The van der Waals surface area contributed by atoms with Crippen molar-refractivity contribution in [2.24, 2.45) is 0 Å².